The van der Waals surface area contributed by atoms with Crippen LogP contribution in [0.4, 0.5) is 0 Å². The number of likely N-dealkylation sites (tertiary alicyclic amines) is 1. The lowest BCUT2D eigenvalue weighted by Crippen LogP contribution is -2.51. The van der Waals surface area contributed by atoms with E-state index >= 15 is 0 Å². The van der Waals surface area contributed by atoms with E-state index in [1.54, 1.807) is 6.07 Å². The number of carbonyl (C=O) groups excluding carboxylic acids is 1. The summed E-state index contributed by atoms with van der Waals surface area (Å²) in [5.41, 5.74) is 1.22. The first-order valence-electron chi connectivity index (χ1n) is 9.09. The summed E-state index contributed by atoms with van der Waals surface area (Å²) in [5.74, 6) is 1.37. The third-order valence-electron chi connectivity index (χ3n) is 6.25. The molecule has 2 atom stereocenters. The van der Waals surface area contributed by atoms with Gasteiger partial charge in [-0.25, -0.2) is 0 Å². The molecule has 1 amide bonds. The number of phenolic OH excluding ortho intramolecular Hbond substituents is 1. The molecule has 2 fully saturated rings. The molecule has 2 aliphatic rings. The summed E-state index contributed by atoms with van der Waals surface area (Å²) in [6.07, 6.45) is 6.83. The molecule has 0 aromatic heterocycles. The highest BCUT2D eigenvalue weighted by Crippen LogP contribution is 2.41. The summed E-state index contributed by atoms with van der Waals surface area (Å²) in [7, 11) is 0. The number of hydrogen-bond acceptors (Lipinski definition) is 2. The molecule has 1 saturated heterocycles. The Hall–Kier alpha value is -1.51. The molecule has 1 aliphatic heterocycles. The van der Waals surface area contributed by atoms with Crippen LogP contribution in [0.3, 0.4) is 0 Å². The highest BCUT2D eigenvalue weighted by atomic mass is 16.3. The largest absolute Gasteiger partial charge is 0.508 e. The fourth-order valence-electron chi connectivity index (χ4n) is 4.33. The number of aromatic hydroxyl groups is 1. The van der Waals surface area contributed by atoms with Crippen molar-refractivity contribution in [3.05, 3.63) is 29.8 Å². The number of amides is 1. The predicted molar refractivity (Wildman–Crippen MR) is 92.4 cm³/mol. The molecule has 1 aromatic rings. The van der Waals surface area contributed by atoms with Crippen LogP contribution in [0.15, 0.2) is 24.3 Å². The Morgan fingerprint density at radius 2 is 2.00 bits per heavy atom. The van der Waals surface area contributed by atoms with Crippen LogP contribution < -0.4 is 0 Å². The summed E-state index contributed by atoms with van der Waals surface area (Å²) in [6, 6.07) is 7.63. The second-order valence-electron chi connectivity index (χ2n) is 7.74. The van der Waals surface area contributed by atoms with Crippen molar-refractivity contribution in [2.24, 2.45) is 11.8 Å². The van der Waals surface area contributed by atoms with Crippen LogP contribution in [-0.4, -0.2) is 29.0 Å². The maximum atomic E-state index is 12.8. The summed E-state index contributed by atoms with van der Waals surface area (Å²) in [6.45, 7) is 6.19. The summed E-state index contributed by atoms with van der Waals surface area (Å²) < 4.78 is 0. The van der Waals surface area contributed by atoms with Crippen molar-refractivity contribution in [1.29, 1.82) is 0 Å². The van der Waals surface area contributed by atoms with Gasteiger partial charge in [0, 0.05) is 19.0 Å². The number of carbonyl (C=O) groups is 1. The molecule has 0 bridgehead atoms. The molecule has 3 nitrogen and oxygen atoms in total. The lowest BCUT2D eigenvalue weighted by atomic mass is 9.68. The normalized spacial score (nSPS) is 29.5. The van der Waals surface area contributed by atoms with Gasteiger partial charge in [-0.3, -0.25) is 4.79 Å². The van der Waals surface area contributed by atoms with Gasteiger partial charge in [-0.2, -0.15) is 0 Å². The second kappa shape index (κ2) is 6.54. The number of piperidine rings is 1. The van der Waals surface area contributed by atoms with Crippen LogP contribution >= 0.6 is 0 Å². The molecule has 0 spiro atoms. The number of phenols is 1. The smallest absolute Gasteiger partial charge is 0.225 e. The van der Waals surface area contributed by atoms with Gasteiger partial charge >= 0.3 is 0 Å². The number of hydrogen-bond donors (Lipinski definition) is 1. The van der Waals surface area contributed by atoms with Crippen LogP contribution in [0.1, 0.15) is 57.9 Å². The van der Waals surface area contributed by atoms with E-state index in [4.69, 9.17) is 0 Å². The zero-order valence-corrected chi connectivity index (χ0v) is 14.4. The van der Waals surface area contributed by atoms with Crippen LogP contribution in [0.25, 0.3) is 0 Å². The van der Waals surface area contributed by atoms with Gasteiger partial charge in [0.05, 0.1) is 0 Å². The Morgan fingerprint density at radius 1 is 1.26 bits per heavy atom. The van der Waals surface area contributed by atoms with E-state index in [9.17, 15) is 9.90 Å². The topological polar surface area (TPSA) is 40.5 Å². The van der Waals surface area contributed by atoms with E-state index in [0.717, 1.165) is 32.4 Å². The van der Waals surface area contributed by atoms with E-state index in [-0.39, 0.29) is 11.3 Å². The fourth-order valence-corrected chi connectivity index (χ4v) is 4.33. The number of rotatable bonds is 2. The first-order valence-corrected chi connectivity index (χ1v) is 9.09. The van der Waals surface area contributed by atoms with Crippen LogP contribution in [-0.2, 0) is 10.2 Å². The Kier molecular flexibility index (Phi) is 4.65. The molecule has 126 valence electrons. The SMILES string of the molecule is C[C@H]1CN(C(=O)C2CCCCC2)CC[C@@]1(C)c1cccc(O)c1. The molecule has 1 saturated carbocycles. The highest BCUT2D eigenvalue weighted by molar-refractivity contribution is 5.79. The van der Waals surface area contributed by atoms with E-state index in [2.05, 4.69) is 24.8 Å². The average molecular weight is 315 g/mol. The Bertz CT molecular complexity index is 565. The van der Waals surface area contributed by atoms with E-state index in [1.807, 2.05) is 12.1 Å². The molecular formula is C20H29NO2. The molecule has 3 rings (SSSR count). The van der Waals surface area contributed by atoms with Crippen LogP contribution in [0.2, 0.25) is 0 Å². The Labute approximate surface area is 139 Å². The van der Waals surface area contributed by atoms with Crippen LogP contribution in [0.5, 0.6) is 5.75 Å². The molecule has 3 heteroatoms. The van der Waals surface area contributed by atoms with Gasteiger partial charge in [0.2, 0.25) is 5.91 Å². The van der Waals surface area contributed by atoms with Gasteiger partial charge in [0.15, 0.2) is 0 Å². The second-order valence-corrected chi connectivity index (χ2v) is 7.74. The molecule has 0 radical (unpaired) electrons. The molecule has 1 N–H and O–H groups in total. The lowest BCUT2D eigenvalue weighted by Gasteiger charge is -2.46. The number of benzene rings is 1. The summed E-state index contributed by atoms with van der Waals surface area (Å²) >= 11 is 0. The molecule has 23 heavy (non-hydrogen) atoms. The quantitative estimate of drug-likeness (QED) is 0.892. The molecule has 1 aliphatic carbocycles. The van der Waals surface area contributed by atoms with Crippen LogP contribution in [0, 0.1) is 11.8 Å². The van der Waals surface area contributed by atoms with E-state index in [1.165, 1.54) is 24.8 Å². The minimum Gasteiger partial charge on any atom is -0.508 e. The highest BCUT2D eigenvalue weighted by Gasteiger charge is 2.40. The van der Waals surface area contributed by atoms with Crippen molar-refractivity contribution in [2.45, 2.75) is 57.8 Å². The lowest BCUT2D eigenvalue weighted by molar-refractivity contribution is -0.139. The zero-order valence-electron chi connectivity index (χ0n) is 14.4. The third-order valence-corrected chi connectivity index (χ3v) is 6.25. The molecule has 1 aromatic carbocycles. The van der Waals surface area contributed by atoms with Gasteiger partial charge < -0.3 is 10.0 Å². The monoisotopic (exact) mass is 315 g/mol. The Morgan fingerprint density at radius 3 is 2.65 bits per heavy atom. The average Bonchev–Trinajstić information content (AvgIpc) is 2.57. The van der Waals surface area contributed by atoms with Crippen molar-refractivity contribution < 1.29 is 9.90 Å². The number of nitrogens with zero attached hydrogens (tertiary/aromatic N) is 1. The van der Waals surface area contributed by atoms with Gasteiger partial charge in [-0.1, -0.05) is 45.2 Å². The minimum atomic E-state index is 0.0298. The molecular weight excluding hydrogens is 286 g/mol. The van der Waals surface area contributed by atoms with Gasteiger partial charge in [-0.15, -0.1) is 0 Å². The van der Waals surface area contributed by atoms with Gasteiger partial charge in [-0.05, 0) is 48.3 Å². The summed E-state index contributed by atoms with van der Waals surface area (Å²) in [4.78, 5) is 14.9. The first-order chi connectivity index (χ1) is 11.0. The standard InChI is InChI=1S/C20H29NO2/c1-15-14-21(19(23)16-7-4-3-5-8-16)12-11-20(15,2)17-9-6-10-18(22)13-17/h6,9-10,13,15-16,22H,3-5,7-8,11-12,14H2,1-2H3/t15-,20+/m0/s1. The summed E-state index contributed by atoms with van der Waals surface area (Å²) in [5, 5.41) is 9.79. The van der Waals surface area contributed by atoms with E-state index < -0.39 is 0 Å². The third kappa shape index (κ3) is 3.24. The maximum Gasteiger partial charge on any atom is 0.225 e. The maximum absolute atomic E-state index is 12.8. The first kappa shape index (κ1) is 16.4. The molecule has 0 unspecified atom stereocenters. The predicted octanol–water partition coefficient (Wildman–Crippen LogP) is 4.10. The van der Waals surface area contributed by atoms with E-state index in [0.29, 0.717) is 17.6 Å². The van der Waals surface area contributed by atoms with Gasteiger partial charge in [0.25, 0.3) is 0 Å². The van der Waals surface area contributed by atoms with Gasteiger partial charge in [0.1, 0.15) is 5.75 Å². The minimum absolute atomic E-state index is 0.0298. The van der Waals surface area contributed by atoms with Crippen molar-refractivity contribution in [2.75, 3.05) is 13.1 Å². The zero-order chi connectivity index (χ0) is 16.4. The van der Waals surface area contributed by atoms with Crippen molar-refractivity contribution in [3.63, 3.8) is 0 Å². The Balaban J connectivity index is 1.70. The van der Waals surface area contributed by atoms with Crippen molar-refractivity contribution in [1.82, 2.24) is 4.90 Å². The fraction of sp³-hybridized carbons (Fsp3) is 0.650. The van der Waals surface area contributed by atoms with Crippen molar-refractivity contribution in [3.8, 4) is 5.75 Å². The van der Waals surface area contributed by atoms with Crippen molar-refractivity contribution >= 4 is 5.91 Å². The molecule has 1 heterocycles.